The average molecular weight is 170 g/mol. The molecular weight excluding hydrogens is 159 g/mol. The van der Waals surface area contributed by atoms with E-state index in [1.807, 2.05) is 0 Å². The van der Waals surface area contributed by atoms with Crippen LogP contribution in [0, 0.1) is 0 Å². The zero-order valence-corrected chi connectivity index (χ0v) is 9.03. The summed E-state index contributed by atoms with van der Waals surface area (Å²) in [7, 11) is 0. The first-order chi connectivity index (χ1) is 4.30. The summed E-state index contributed by atoms with van der Waals surface area (Å²) < 4.78 is 0. The van der Waals surface area contributed by atoms with E-state index in [0.29, 0.717) is 0 Å². The quantitative estimate of drug-likeness (QED) is 0.301. The number of nitrogens with one attached hydrogen (secondary N) is 1. The summed E-state index contributed by atoms with van der Waals surface area (Å²) in [5.74, 6) is 0. The van der Waals surface area contributed by atoms with E-state index in [0.717, 1.165) is 26.2 Å². The van der Waals surface area contributed by atoms with E-state index >= 15 is 0 Å². The van der Waals surface area contributed by atoms with Crippen molar-refractivity contribution in [1.29, 1.82) is 0 Å². The summed E-state index contributed by atoms with van der Waals surface area (Å²) in [6.45, 7) is 3.38. The standard InChI is InChI=1S/C5H10N2OS.Na.H/c8-5(9)7-3-1-6-2-4-7;;/h6H,1-4H2,(H,8,9);;/q;+1;-1. The van der Waals surface area contributed by atoms with Crippen LogP contribution in [0.4, 0.5) is 4.79 Å². The number of carbonyl (C=O) groups excluding carboxylic acids is 1. The summed E-state index contributed by atoms with van der Waals surface area (Å²) in [5, 5.41) is 3.03. The zero-order chi connectivity index (χ0) is 6.69. The van der Waals surface area contributed by atoms with Crippen molar-refractivity contribution in [3.8, 4) is 0 Å². The smallest absolute Gasteiger partial charge is 1.00 e. The number of hydrogen-bond acceptors (Lipinski definition) is 2. The van der Waals surface area contributed by atoms with Gasteiger partial charge in [-0.3, -0.25) is 4.79 Å². The Kier molecular flexibility index (Phi) is 5.86. The number of nitrogens with zero attached hydrogens (tertiary/aromatic N) is 1. The first-order valence-electron chi connectivity index (χ1n) is 2.99. The largest absolute Gasteiger partial charge is 1.00 e. The van der Waals surface area contributed by atoms with E-state index in [4.69, 9.17) is 0 Å². The third-order valence-corrected chi connectivity index (χ3v) is 1.67. The van der Waals surface area contributed by atoms with Gasteiger partial charge in [-0.15, -0.1) is 0 Å². The monoisotopic (exact) mass is 170 g/mol. The Morgan fingerprint density at radius 2 is 2.00 bits per heavy atom. The minimum absolute atomic E-state index is 0. The molecule has 54 valence electrons. The predicted octanol–water partition coefficient (Wildman–Crippen LogP) is -2.94. The fraction of sp³-hybridized carbons (Fsp3) is 0.800. The molecule has 1 N–H and O–H groups in total. The molecule has 1 aliphatic heterocycles. The van der Waals surface area contributed by atoms with Crippen LogP contribution in [0.3, 0.4) is 0 Å². The summed E-state index contributed by atoms with van der Waals surface area (Å²) in [4.78, 5) is 12.3. The second-order valence-corrected chi connectivity index (χ2v) is 2.40. The van der Waals surface area contributed by atoms with Crippen LogP contribution in [0.25, 0.3) is 0 Å². The fourth-order valence-corrected chi connectivity index (χ4v) is 1.06. The molecule has 0 saturated carbocycles. The van der Waals surface area contributed by atoms with E-state index in [-0.39, 0.29) is 36.2 Å². The number of rotatable bonds is 0. The van der Waals surface area contributed by atoms with Crippen LogP contribution in [0.15, 0.2) is 0 Å². The van der Waals surface area contributed by atoms with Crippen LogP contribution in [0.5, 0.6) is 0 Å². The first-order valence-corrected chi connectivity index (χ1v) is 3.44. The number of amides is 1. The molecule has 1 fully saturated rings. The van der Waals surface area contributed by atoms with E-state index in [1.54, 1.807) is 4.90 Å². The minimum atomic E-state index is -0.114. The molecule has 0 atom stereocenters. The van der Waals surface area contributed by atoms with Crippen LogP contribution in [0.1, 0.15) is 1.43 Å². The van der Waals surface area contributed by atoms with Crippen LogP contribution in [0.2, 0.25) is 0 Å². The van der Waals surface area contributed by atoms with Gasteiger partial charge in [-0.1, -0.05) is 12.6 Å². The third kappa shape index (κ3) is 3.25. The maximum absolute atomic E-state index is 10.6. The maximum atomic E-state index is 10.6. The van der Waals surface area contributed by atoms with E-state index in [2.05, 4.69) is 17.9 Å². The topological polar surface area (TPSA) is 32.3 Å². The molecule has 0 unspecified atom stereocenters. The van der Waals surface area contributed by atoms with Crippen LogP contribution < -0.4 is 34.9 Å². The predicted molar refractivity (Wildman–Crippen MR) is 39.9 cm³/mol. The Balaban J connectivity index is 0. The van der Waals surface area contributed by atoms with Crippen LogP contribution in [-0.2, 0) is 0 Å². The van der Waals surface area contributed by atoms with Gasteiger partial charge < -0.3 is 11.6 Å². The maximum Gasteiger partial charge on any atom is 1.00 e. The molecule has 1 heterocycles. The van der Waals surface area contributed by atoms with Crippen molar-refractivity contribution in [2.24, 2.45) is 0 Å². The average Bonchev–Trinajstić information content (AvgIpc) is 1.90. The van der Waals surface area contributed by atoms with Crippen molar-refractivity contribution in [3.63, 3.8) is 0 Å². The SMILES string of the molecule is O=C(S)N1CCNCC1.[H-].[Na+]. The molecule has 0 bridgehead atoms. The first kappa shape index (κ1) is 10.8. The molecule has 1 saturated heterocycles. The molecule has 0 aromatic rings. The van der Waals surface area contributed by atoms with Gasteiger partial charge in [0.1, 0.15) is 0 Å². The second-order valence-electron chi connectivity index (χ2n) is 2.02. The molecule has 0 aromatic heterocycles. The number of piperazine rings is 1. The van der Waals surface area contributed by atoms with E-state index in [1.165, 1.54) is 0 Å². The third-order valence-electron chi connectivity index (χ3n) is 1.39. The Bertz CT molecular complexity index is 121. The molecule has 0 spiro atoms. The molecule has 0 radical (unpaired) electrons. The van der Waals surface area contributed by atoms with Gasteiger partial charge in [0.2, 0.25) is 0 Å². The molecular formula is C5H11N2NaOS. The van der Waals surface area contributed by atoms with Crippen molar-refractivity contribution in [1.82, 2.24) is 10.2 Å². The van der Waals surface area contributed by atoms with Crippen LogP contribution >= 0.6 is 12.6 Å². The normalized spacial score (nSPS) is 17.9. The van der Waals surface area contributed by atoms with Gasteiger partial charge in [0.15, 0.2) is 0 Å². The van der Waals surface area contributed by atoms with Gasteiger partial charge in [0.25, 0.3) is 5.24 Å². The number of carbonyl (C=O) groups is 1. The van der Waals surface area contributed by atoms with E-state index < -0.39 is 0 Å². The summed E-state index contributed by atoms with van der Waals surface area (Å²) in [6.07, 6.45) is 0. The number of hydrogen-bond donors (Lipinski definition) is 2. The number of thiol groups is 1. The Morgan fingerprint density at radius 3 is 2.30 bits per heavy atom. The van der Waals surface area contributed by atoms with Gasteiger partial charge in [0.05, 0.1) is 0 Å². The Labute approximate surface area is 89.7 Å². The van der Waals surface area contributed by atoms with Gasteiger partial charge in [-0.05, 0) is 0 Å². The second kappa shape index (κ2) is 5.43. The van der Waals surface area contributed by atoms with Gasteiger partial charge in [-0.2, -0.15) is 0 Å². The molecule has 1 aliphatic rings. The van der Waals surface area contributed by atoms with Crippen molar-refractivity contribution >= 4 is 17.9 Å². The van der Waals surface area contributed by atoms with Gasteiger partial charge in [-0.25, -0.2) is 0 Å². The van der Waals surface area contributed by atoms with Crippen molar-refractivity contribution < 1.29 is 35.8 Å². The molecule has 3 nitrogen and oxygen atoms in total. The molecule has 0 aromatic carbocycles. The molecule has 1 rings (SSSR count). The minimum Gasteiger partial charge on any atom is -1.00 e. The summed E-state index contributed by atoms with van der Waals surface area (Å²) >= 11 is 3.70. The van der Waals surface area contributed by atoms with Gasteiger partial charge >= 0.3 is 29.6 Å². The van der Waals surface area contributed by atoms with E-state index in [9.17, 15) is 4.79 Å². The van der Waals surface area contributed by atoms with Crippen molar-refractivity contribution in [2.45, 2.75) is 0 Å². The molecule has 5 heteroatoms. The fourth-order valence-electron chi connectivity index (χ4n) is 0.856. The Morgan fingerprint density at radius 1 is 1.50 bits per heavy atom. The van der Waals surface area contributed by atoms with Crippen molar-refractivity contribution in [2.75, 3.05) is 26.2 Å². The molecule has 10 heavy (non-hydrogen) atoms. The van der Waals surface area contributed by atoms with Gasteiger partial charge in [0, 0.05) is 26.2 Å². The Hall–Kier alpha value is 0.780. The molecule has 0 aliphatic carbocycles. The molecule has 1 amide bonds. The summed E-state index contributed by atoms with van der Waals surface area (Å²) in [5.41, 5.74) is 0. The van der Waals surface area contributed by atoms with Crippen molar-refractivity contribution in [3.05, 3.63) is 0 Å². The zero-order valence-electron chi connectivity index (χ0n) is 7.13. The summed E-state index contributed by atoms with van der Waals surface area (Å²) in [6, 6.07) is 0. The van der Waals surface area contributed by atoms with Crippen LogP contribution in [-0.4, -0.2) is 36.3 Å².